The van der Waals surface area contributed by atoms with Gasteiger partial charge in [-0.05, 0) is 53.2 Å². The Kier molecular flexibility index (Phi) is 6.10. The zero-order valence-corrected chi connectivity index (χ0v) is 30.5. The molecule has 5 nitrogen and oxygen atoms in total. The lowest BCUT2D eigenvalue weighted by atomic mass is 9.99. The Hall–Kier alpha value is -7.76. The molecule has 57 heavy (non-hydrogen) atoms. The van der Waals surface area contributed by atoms with Gasteiger partial charge in [-0.25, -0.2) is 4.98 Å². The third-order valence-corrected chi connectivity index (χ3v) is 11.9. The van der Waals surface area contributed by atoms with Gasteiger partial charge in [0.1, 0.15) is 11.2 Å². The Balaban J connectivity index is 1.09. The summed E-state index contributed by atoms with van der Waals surface area (Å²) in [6.07, 6.45) is 1.93. The molecule has 0 radical (unpaired) electrons. The Morgan fingerprint density at radius 1 is 0.368 bits per heavy atom. The van der Waals surface area contributed by atoms with Crippen molar-refractivity contribution in [2.45, 2.75) is 0 Å². The van der Waals surface area contributed by atoms with E-state index in [9.17, 15) is 0 Å². The highest BCUT2D eigenvalue weighted by molar-refractivity contribution is 6.25. The Bertz CT molecular complexity index is 3790. The van der Waals surface area contributed by atoms with Gasteiger partial charge in [-0.2, -0.15) is 0 Å². The fourth-order valence-electron chi connectivity index (χ4n) is 9.46. The Labute approximate surface area is 325 Å². The molecule has 0 N–H and O–H groups in total. The van der Waals surface area contributed by atoms with Crippen LogP contribution in [-0.2, 0) is 0 Å². The van der Waals surface area contributed by atoms with Crippen molar-refractivity contribution >= 4 is 98.1 Å². The monoisotopic (exact) mass is 726 g/mol. The molecule has 0 aliphatic heterocycles. The van der Waals surface area contributed by atoms with E-state index < -0.39 is 0 Å². The second kappa shape index (κ2) is 11.4. The quantitative estimate of drug-likeness (QED) is 0.170. The van der Waals surface area contributed by atoms with Gasteiger partial charge in [0.2, 0.25) is 0 Å². The largest absolute Gasteiger partial charge is 0.456 e. The lowest BCUT2D eigenvalue weighted by molar-refractivity contribution is 0.668. The van der Waals surface area contributed by atoms with Crippen LogP contribution in [0.15, 0.2) is 187 Å². The Morgan fingerprint density at radius 2 is 0.895 bits per heavy atom. The van der Waals surface area contributed by atoms with Crippen LogP contribution in [0.4, 0.5) is 0 Å². The molecule has 4 aromatic heterocycles. The standard InChI is InChI=1S/C52H30N4O/c1-3-19-40-34(14-1)35-15-2-4-20-41(35)50-49(40)53-30-44(54-50)31-12-11-13-32(28-31)55-45-21-8-5-16-36(45)42-26-27-43-37-17-6-9-22-46(37)56(52(43)51(42)55)33-24-25-39-38-18-7-10-23-47(38)57-48(39)29-33/h1-30H. The highest BCUT2D eigenvalue weighted by Gasteiger charge is 2.22. The SMILES string of the molecule is c1cc(-c2cnc3c4ccccc4c4ccccc4c3n2)cc(-n2c3ccccc3c3ccc4c5ccccc5n(-c5ccc6c(c5)oc5ccccc56)c4c32)c1. The van der Waals surface area contributed by atoms with Crippen LogP contribution >= 0.6 is 0 Å². The van der Waals surface area contributed by atoms with Gasteiger partial charge in [0.15, 0.2) is 0 Å². The van der Waals surface area contributed by atoms with Gasteiger partial charge in [-0.3, -0.25) is 4.98 Å². The van der Waals surface area contributed by atoms with E-state index in [4.69, 9.17) is 14.4 Å². The van der Waals surface area contributed by atoms with Crippen LogP contribution in [0, 0.1) is 0 Å². The topological polar surface area (TPSA) is 48.8 Å². The number of rotatable bonds is 3. The maximum atomic E-state index is 6.44. The van der Waals surface area contributed by atoms with E-state index in [1.165, 1.54) is 32.3 Å². The van der Waals surface area contributed by atoms with E-state index in [0.717, 1.165) is 88.4 Å². The predicted octanol–water partition coefficient (Wildman–Crippen LogP) is 13.7. The molecule has 0 amide bonds. The molecule has 264 valence electrons. The van der Waals surface area contributed by atoms with Crippen molar-refractivity contribution in [3.63, 3.8) is 0 Å². The molecular weight excluding hydrogens is 697 g/mol. The highest BCUT2D eigenvalue weighted by Crippen LogP contribution is 2.43. The van der Waals surface area contributed by atoms with Gasteiger partial charge in [-0.1, -0.05) is 127 Å². The number of fused-ring (bicyclic) bond motifs is 16. The number of aromatic nitrogens is 4. The summed E-state index contributed by atoms with van der Waals surface area (Å²) in [5.41, 5.74) is 12.1. The molecule has 0 saturated carbocycles. The van der Waals surface area contributed by atoms with Crippen molar-refractivity contribution < 1.29 is 4.42 Å². The lowest BCUT2D eigenvalue weighted by Crippen LogP contribution is -1.99. The van der Waals surface area contributed by atoms with Crippen LogP contribution in [0.3, 0.4) is 0 Å². The first-order valence-corrected chi connectivity index (χ1v) is 19.3. The predicted molar refractivity (Wildman–Crippen MR) is 236 cm³/mol. The van der Waals surface area contributed by atoms with Gasteiger partial charge >= 0.3 is 0 Å². The molecule has 4 heterocycles. The van der Waals surface area contributed by atoms with Crippen molar-refractivity contribution in [2.24, 2.45) is 0 Å². The summed E-state index contributed by atoms with van der Waals surface area (Å²) >= 11 is 0. The van der Waals surface area contributed by atoms with Crippen LogP contribution in [-0.4, -0.2) is 19.1 Å². The van der Waals surface area contributed by atoms with Crippen LogP contribution in [0.2, 0.25) is 0 Å². The minimum absolute atomic E-state index is 0.837. The Morgan fingerprint density at radius 3 is 1.58 bits per heavy atom. The molecule has 0 spiro atoms. The number of benzene rings is 9. The maximum absolute atomic E-state index is 6.44. The minimum Gasteiger partial charge on any atom is -0.456 e. The molecule has 0 atom stereocenters. The first kappa shape index (κ1) is 30.6. The van der Waals surface area contributed by atoms with E-state index in [1.807, 2.05) is 18.3 Å². The van der Waals surface area contributed by atoms with Gasteiger partial charge in [0, 0.05) is 60.4 Å². The third kappa shape index (κ3) is 4.23. The summed E-state index contributed by atoms with van der Waals surface area (Å²) in [5, 5.41) is 11.6. The number of nitrogens with zero attached hydrogens (tertiary/aromatic N) is 4. The fourth-order valence-corrected chi connectivity index (χ4v) is 9.46. The summed E-state index contributed by atoms with van der Waals surface area (Å²) in [6, 6.07) is 62.7. The van der Waals surface area contributed by atoms with Crippen molar-refractivity contribution in [1.29, 1.82) is 0 Å². The number of furan rings is 1. The molecule has 0 saturated heterocycles. The average molecular weight is 727 g/mol. The van der Waals surface area contributed by atoms with Crippen LogP contribution in [0.5, 0.6) is 0 Å². The fraction of sp³-hybridized carbons (Fsp3) is 0. The molecule has 0 unspecified atom stereocenters. The smallest absolute Gasteiger partial charge is 0.137 e. The molecule has 0 fully saturated rings. The summed E-state index contributed by atoms with van der Waals surface area (Å²) in [5.74, 6) is 0. The van der Waals surface area contributed by atoms with E-state index >= 15 is 0 Å². The third-order valence-electron chi connectivity index (χ3n) is 11.9. The van der Waals surface area contributed by atoms with E-state index in [2.05, 4.69) is 173 Å². The molecule has 0 aliphatic rings. The van der Waals surface area contributed by atoms with Crippen molar-refractivity contribution in [2.75, 3.05) is 0 Å². The summed E-state index contributed by atoms with van der Waals surface area (Å²) in [4.78, 5) is 10.5. The first-order chi connectivity index (χ1) is 28.3. The zero-order valence-electron chi connectivity index (χ0n) is 30.5. The van der Waals surface area contributed by atoms with Crippen molar-refractivity contribution in [3.8, 4) is 22.6 Å². The summed E-state index contributed by atoms with van der Waals surface area (Å²) in [6.45, 7) is 0. The van der Waals surface area contributed by atoms with Crippen molar-refractivity contribution in [3.05, 3.63) is 182 Å². The van der Waals surface area contributed by atoms with Crippen LogP contribution < -0.4 is 0 Å². The molecule has 13 aromatic rings. The van der Waals surface area contributed by atoms with Crippen LogP contribution in [0.1, 0.15) is 0 Å². The molecular formula is C52H30N4O. The number of para-hydroxylation sites is 3. The second-order valence-electron chi connectivity index (χ2n) is 14.9. The summed E-state index contributed by atoms with van der Waals surface area (Å²) in [7, 11) is 0. The molecule has 0 aliphatic carbocycles. The second-order valence-corrected chi connectivity index (χ2v) is 14.9. The van der Waals surface area contributed by atoms with Crippen LogP contribution in [0.25, 0.3) is 121 Å². The molecule has 9 aromatic carbocycles. The van der Waals surface area contributed by atoms with Crippen molar-refractivity contribution in [1.82, 2.24) is 19.1 Å². The van der Waals surface area contributed by atoms with Gasteiger partial charge < -0.3 is 13.6 Å². The number of hydrogen-bond donors (Lipinski definition) is 0. The van der Waals surface area contributed by atoms with Gasteiger partial charge in [-0.15, -0.1) is 0 Å². The normalized spacial score (nSPS) is 12.2. The molecule has 0 bridgehead atoms. The van der Waals surface area contributed by atoms with E-state index in [-0.39, 0.29) is 0 Å². The number of hydrogen-bond acceptors (Lipinski definition) is 3. The first-order valence-electron chi connectivity index (χ1n) is 19.3. The van der Waals surface area contributed by atoms with Gasteiger partial charge in [0.25, 0.3) is 0 Å². The minimum atomic E-state index is 0.837. The maximum Gasteiger partial charge on any atom is 0.137 e. The highest BCUT2D eigenvalue weighted by atomic mass is 16.3. The van der Waals surface area contributed by atoms with Gasteiger partial charge in [0.05, 0.1) is 50.7 Å². The van der Waals surface area contributed by atoms with E-state index in [1.54, 1.807) is 0 Å². The summed E-state index contributed by atoms with van der Waals surface area (Å²) < 4.78 is 11.3. The lowest BCUT2D eigenvalue weighted by Gasteiger charge is -2.14. The molecule has 5 heteroatoms. The molecule has 13 rings (SSSR count). The van der Waals surface area contributed by atoms with E-state index in [0.29, 0.717) is 0 Å². The zero-order chi connectivity index (χ0) is 37.2. The average Bonchev–Trinajstić information content (AvgIpc) is 3.94.